The van der Waals surface area contributed by atoms with Crippen LogP contribution in [-0.2, 0) is 13.0 Å². The van der Waals surface area contributed by atoms with Crippen LogP contribution in [0, 0.1) is 0 Å². The molecule has 0 saturated heterocycles. The van der Waals surface area contributed by atoms with Crippen molar-refractivity contribution in [3.8, 4) is 0 Å². The zero-order valence-electron chi connectivity index (χ0n) is 12.3. The predicted molar refractivity (Wildman–Crippen MR) is 86.5 cm³/mol. The van der Waals surface area contributed by atoms with Crippen molar-refractivity contribution in [3.63, 3.8) is 0 Å². The standard InChI is InChI=1S/C17H20N4/c1-2-6-14-13-17(15-7-3-4-8-16(15)20-14)18-10-12-21-11-5-9-19-21/h3-5,7-9,11,13H,2,6,10,12H2,1H3,(H,18,20). The van der Waals surface area contributed by atoms with Crippen molar-refractivity contribution in [2.75, 3.05) is 11.9 Å². The van der Waals surface area contributed by atoms with Gasteiger partial charge in [-0.15, -0.1) is 0 Å². The largest absolute Gasteiger partial charge is 0.383 e. The molecule has 4 nitrogen and oxygen atoms in total. The summed E-state index contributed by atoms with van der Waals surface area (Å²) in [6.07, 6.45) is 5.91. The van der Waals surface area contributed by atoms with Crippen LogP contribution in [0.1, 0.15) is 19.0 Å². The summed E-state index contributed by atoms with van der Waals surface area (Å²) in [5, 5.41) is 8.92. The third-order valence-electron chi connectivity index (χ3n) is 3.49. The topological polar surface area (TPSA) is 42.7 Å². The number of nitrogens with one attached hydrogen (secondary N) is 1. The Balaban J connectivity index is 1.81. The number of nitrogens with zero attached hydrogens (tertiary/aromatic N) is 3. The van der Waals surface area contributed by atoms with Crippen LogP contribution < -0.4 is 5.32 Å². The molecule has 0 aliphatic rings. The van der Waals surface area contributed by atoms with Gasteiger partial charge < -0.3 is 5.32 Å². The van der Waals surface area contributed by atoms with Gasteiger partial charge in [-0.05, 0) is 24.6 Å². The van der Waals surface area contributed by atoms with Crippen molar-refractivity contribution < 1.29 is 0 Å². The lowest BCUT2D eigenvalue weighted by Gasteiger charge is -2.12. The van der Waals surface area contributed by atoms with Crippen molar-refractivity contribution >= 4 is 16.6 Å². The summed E-state index contributed by atoms with van der Waals surface area (Å²) in [5.41, 5.74) is 3.37. The highest BCUT2D eigenvalue weighted by atomic mass is 15.3. The highest BCUT2D eigenvalue weighted by molar-refractivity contribution is 5.91. The van der Waals surface area contributed by atoms with Gasteiger partial charge in [0, 0.05) is 35.7 Å². The molecule has 1 N–H and O–H groups in total. The maximum atomic E-state index is 4.73. The molecule has 0 amide bonds. The van der Waals surface area contributed by atoms with E-state index in [9.17, 15) is 0 Å². The number of rotatable bonds is 6. The third-order valence-corrected chi connectivity index (χ3v) is 3.49. The fourth-order valence-electron chi connectivity index (χ4n) is 2.50. The fourth-order valence-corrected chi connectivity index (χ4v) is 2.50. The Morgan fingerprint density at radius 3 is 2.90 bits per heavy atom. The molecule has 0 unspecified atom stereocenters. The molecule has 0 aliphatic heterocycles. The van der Waals surface area contributed by atoms with E-state index in [2.05, 4.69) is 41.6 Å². The van der Waals surface area contributed by atoms with Crippen LogP contribution in [0.2, 0.25) is 0 Å². The molecular weight excluding hydrogens is 260 g/mol. The van der Waals surface area contributed by atoms with Crippen LogP contribution in [0.5, 0.6) is 0 Å². The molecule has 3 rings (SSSR count). The first-order valence-electron chi connectivity index (χ1n) is 7.47. The molecule has 0 spiro atoms. The minimum absolute atomic E-state index is 0.848. The number of anilines is 1. The van der Waals surface area contributed by atoms with E-state index in [-0.39, 0.29) is 0 Å². The first-order chi connectivity index (χ1) is 10.4. The van der Waals surface area contributed by atoms with Gasteiger partial charge in [0.05, 0.1) is 12.1 Å². The van der Waals surface area contributed by atoms with Gasteiger partial charge in [-0.3, -0.25) is 9.67 Å². The highest BCUT2D eigenvalue weighted by Gasteiger charge is 2.05. The number of benzene rings is 1. The molecule has 4 heteroatoms. The first kappa shape index (κ1) is 13.6. The van der Waals surface area contributed by atoms with Gasteiger partial charge in [-0.25, -0.2) is 0 Å². The van der Waals surface area contributed by atoms with Gasteiger partial charge in [0.1, 0.15) is 0 Å². The minimum atomic E-state index is 0.848. The number of hydrogen-bond acceptors (Lipinski definition) is 3. The molecule has 0 radical (unpaired) electrons. The SMILES string of the molecule is CCCc1cc(NCCn2cccn2)c2ccccc2n1. The monoisotopic (exact) mass is 280 g/mol. The Hall–Kier alpha value is -2.36. The van der Waals surface area contributed by atoms with Gasteiger partial charge in [0.15, 0.2) is 0 Å². The average molecular weight is 280 g/mol. The summed E-state index contributed by atoms with van der Waals surface area (Å²) in [6, 6.07) is 12.4. The lowest BCUT2D eigenvalue weighted by molar-refractivity contribution is 0.638. The number of hydrogen-bond donors (Lipinski definition) is 1. The Labute approximate surface area is 124 Å². The molecule has 0 bridgehead atoms. The van der Waals surface area contributed by atoms with E-state index >= 15 is 0 Å². The van der Waals surface area contributed by atoms with E-state index in [0.717, 1.165) is 42.8 Å². The van der Waals surface area contributed by atoms with Crippen LogP contribution in [0.25, 0.3) is 10.9 Å². The van der Waals surface area contributed by atoms with Crippen LogP contribution in [0.3, 0.4) is 0 Å². The van der Waals surface area contributed by atoms with Gasteiger partial charge in [0.2, 0.25) is 0 Å². The molecular formula is C17H20N4. The summed E-state index contributed by atoms with van der Waals surface area (Å²) in [7, 11) is 0. The van der Waals surface area contributed by atoms with Crippen LogP contribution in [-0.4, -0.2) is 21.3 Å². The normalized spacial score (nSPS) is 10.9. The molecule has 0 fully saturated rings. The summed E-state index contributed by atoms with van der Waals surface area (Å²) in [4.78, 5) is 4.73. The van der Waals surface area contributed by atoms with Crippen molar-refractivity contribution in [3.05, 3.63) is 54.5 Å². The smallest absolute Gasteiger partial charge is 0.0726 e. The summed E-state index contributed by atoms with van der Waals surface area (Å²) >= 11 is 0. The number of para-hydroxylation sites is 1. The van der Waals surface area contributed by atoms with E-state index < -0.39 is 0 Å². The molecule has 0 aliphatic carbocycles. The van der Waals surface area contributed by atoms with E-state index in [1.165, 1.54) is 5.39 Å². The molecule has 0 atom stereocenters. The second-order valence-electron chi connectivity index (χ2n) is 5.12. The van der Waals surface area contributed by atoms with Gasteiger partial charge in [0.25, 0.3) is 0 Å². The van der Waals surface area contributed by atoms with E-state index in [1.54, 1.807) is 6.20 Å². The average Bonchev–Trinajstić information content (AvgIpc) is 3.01. The van der Waals surface area contributed by atoms with Crippen molar-refractivity contribution in [1.82, 2.24) is 14.8 Å². The van der Waals surface area contributed by atoms with Crippen LogP contribution >= 0.6 is 0 Å². The number of fused-ring (bicyclic) bond motifs is 1. The molecule has 2 heterocycles. The third kappa shape index (κ3) is 3.21. The van der Waals surface area contributed by atoms with E-state index in [1.807, 2.05) is 23.0 Å². The number of aryl methyl sites for hydroxylation is 1. The number of pyridine rings is 1. The minimum Gasteiger partial charge on any atom is -0.383 e. The van der Waals surface area contributed by atoms with Crippen LogP contribution in [0.4, 0.5) is 5.69 Å². The molecule has 21 heavy (non-hydrogen) atoms. The lowest BCUT2D eigenvalue weighted by Crippen LogP contribution is -2.11. The van der Waals surface area contributed by atoms with Crippen molar-refractivity contribution in [2.45, 2.75) is 26.3 Å². The second kappa shape index (κ2) is 6.39. The maximum Gasteiger partial charge on any atom is 0.0726 e. The predicted octanol–water partition coefficient (Wildman–Crippen LogP) is 3.50. The Bertz CT molecular complexity index is 704. The Morgan fingerprint density at radius 1 is 1.19 bits per heavy atom. The zero-order chi connectivity index (χ0) is 14.5. The molecule has 2 aromatic heterocycles. The second-order valence-corrected chi connectivity index (χ2v) is 5.12. The van der Waals surface area contributed by atoms with E-state index in [0.29, 0.717) is 0 Å². The quantitative estimate of drug-likeness (QED) is 0.751. The summed E-state index contributed by atoms with van der Waals surface area (Å²) in [5.74, 6) is 0. The first-order valence-corrected chi connectivity index (χ1v) is 7.47. The molecule has 1 aromatic carbocycles. The highest BCUT2D eigenvalue weighted by Crippen LogP contribution is 2.23. The lowest BCUT2D eigenvalue weighted by atomic mass is 10.1. The van der Waals surface area contributed by atoms with Gasteiger partial charge >= 0.3 is 0 Å². The summed E-state index contributed by atoms with van der Waals surface area (Å²) in [6.45, 7) is 3.88. The van der Waals surface area contributed by atoms with Gasteiger partial charge in [-0.1, -0.05) is 31.5 Å². The maximum absolute atomic E-state index is 4.73. The Kier molecular flexibility index (Phi) is 4.15. The van der Waals surface area contributed by atoms with E-state index in [4.69, 9.17) is 4.98 Å². The Morgan fingerprint density at radius 2 is 2.10 bits per heavy atom. The molecule has 108 valence electrons. The molecule has 0 saturated carbocycles. The van der Waals surface area contributed by atoms with Crippen LogP contribution in [0.15, 0.2) is 48.8 Å². The zero-order valence-corrected chi connectivity index (χ0v) is 12.3. The summed E-state index contributed by atoms with van der Waals surface area (Å²) < 4.78 is 1.93. The van der Waals surface area contributed by atoms with Gasteiger partial charge in [-0.2, -0.15) is 5.10 Å². The fraction of sp³-hybridized carbons (Fsp3) is 0.294. The molecule has 3 aromatic rings. The van der Waals surface area contributed by atoms with Crippen molar-refractivity contribution in [2.24, 2.45) is 0 Å². The van der Waals surface area contributed by atoms with Crippen molar-refractivity contribution in [1.29, 1.82) is 0 Å². The number of aromatic nitrogens is 3.